The Balaban J connectivity index is 2.07. The van der Waals surface area contributed by atoms with E-state index in [4.69, 9.17) is 0 Å². The standard InChI is InChI=1S/C14H17Br2NO3S/c1-21(19,20)17-6-2-3-10(9-17)7-14(18)12-8-11(15)4-5-13(12)16/h4-5,8,10H,2-3,6-7,9H2,1H3. The molecule has 4 nitrogen and oxygen atoms in total. The predicted molar refractivity (Wildman–Crippen MR) is 89.9 cm³/mol. The zero-order chi connectivity index (χ0) is 15.6. The molecule has 1 aliphatic heterocycles. The van der Waals surface area contributed by atoms with Gasteiger partial charge in [-0.2, -0.15) is 0 Å². The van der Waals surface area contributed by atoms with E-state index in [0.717, 1.165) is 21.8 Å². The number of piperidine rings is 1. The monoisotopic (exact) mass is 437 g/mol. The summed E-state index contributed by atoms with van der Waals surface area (Å²) in [5, 5.41) is 0. The number of carbonyl (C=O) groups excluding carboxylic acids is 1. The first kappa shape index (κ1) is 17.1. The van der Waals surface area contributed by atoms with Gasteiger partial charge >= 0.3 is 0 Å². The van der Waals surface area contributed by atoms with Gasteiger partial charge in [0.1, 0.15) is 0 Å². The Morgan fingerprint density at radius 1 is 1.38 bits per heavy atom. The van der Waals surface area contributed by atoms with Gasteiger partial charge in [-0.3, -0.25) is 4.79 Å². The molecule has 1 unspecified atom stereocenters. The Hall–Kier alpha value is -0.240. The van der Waals surface area contributed by atoms with Gasteiger partial charge in [-0.25, -0.2) is 12.7 Å². The highest BCUT2D eigenvalue weighted by Gasteiger charge is 2.27. The van der Waals surface area contributed by atoms with Crippen LogP contribution in [0.1, 0.15) is 29.6 Å². The molecule has 1 saturated heterocycles. The second-order valence-corrected chi connectivity index (χ2v) is 9.13. The summed E-state index contributed by atoms with van der Waals surface area (Å²) in [6.45, 7) is 1.00. The normalized spacial score (nSPS) is 20.4. The maximum atomic E-state index is 12.4. The second-order valence-electron chi connectivity index (χ2n) is 5.38. The van der Waals surface area contributed by atoms with E-state index in [0.29, 0.717) is 25.1 Å². The summed E-state index contributed by atoms with van der Waals surface area (Å²) in [6, 6.07) is 5.50. The third kappa shape index (κ3) is 4.61. The maximum Gasteiger partial charge on any atom is 0.211 e. The summed E-state index contributed by atoms with van der Waals surface area (Å²) in [7, 11) is -3.17. The summed E-state index contributed by atoms with van der Waals surface area (Å²) in [5.74, 6) is 0.135. The molecule has 0 saturated carbocycles. The molecule has 1 heterocycles. The van der Waals surface area contributed by atoms with Gasteiger partial charge in [0.05, 0.1) is 6.26 Å². The SMILES string of the molecule is CS(=O)(=O)N1CCCC(CC(=O)c2cc(Br)ccc2Br)C1. The van der Waals surface area contributed by atoms with Crippen molar-refractivity contribution in [3.05, 3.63) is 32.7 Å². The number of hydrogen-bond acceptors (Lipinski definition) is 3. The van der Waals surface area contributed by atoms with Crippen LogP contribution in [0.2, 0.25) is 0 Å². The van der Waals surface area contributed by atoms with Crippen LogP contribution in [-0.2, 0) is 10.0 Å². The number of Topliss-reactive ketones (excluding diaryl/α,β-unsaturated/α-hetero) is 1. The molecule has 1 fully saturated rings. The summed E-state index contributed by atoms with van der Waals surface area (Å²) in [6.07, 6.45) is 3.30. The molecule has 0 N–H and O–H groups in total. The van der Waals surface area contributed by atoms with E-state index < -0.39 is 10.0 Å². The van der Waals surface area contributed by atoms with E-state index in [9.17, 15) is 13.2 Å². The summed E-state index contributed by atoms with van der Waals surface area (Å²) in [4.78, 5) is 12.4. The molecule has 0 amide bonds. The average molecular weight is 439 g/mol. The van der Waals surface area contributed by atoms with Crippen molar-refractivity contribution in [1.29, 1.82) is 0 Å². The van der Waals surface area contributed by atoms with E-state index in [1.807, 2.05) is 12.1 Å². The Morgan fingerprint density at radius 3 is 2.76 bits per heavy atom. The highest BCUT2D eigenvalue weighted by molar-refractivity contribution is 9.11. The summed E-state index contributed by atoms with van der Waals surface area (Å²) in [5.41, 5.74) is 0.640. The zero-order valence-electron chi connectivity index (χ0n) is 11.7. The minimum absolute atomic E-state index is 0.0449. The molecule has 1 atom stereocenters. The lowest BCUT2D eigenvalue weighted by molar-refractivity contribution is 0.0941. The molecule has 1 aromatic carbocycles. The van der Waals surface area contributed by atoms with E-state index in [1.165, 1.54) is 10.6 Å². The highest BCUT2D eigenvalue weighted by atomic mass is 79.9. The number of carbonyl (C=O) groups is 1. The number of benzene rings is 1. The fraction of sp³-hybridized carbons (Fsp3) is 0.500. The van der Waals surface area contributed by atoms with Crippen molar-refractivity contribution in [2.24, 2.45) is 5.92 Å². The third-order valence-corrected chi connectivity index (χ3v) is 6.11. The van der Waals surface area contributed by atoms with Crippen LogP contribution in [0.15, 0.2) is 27.1 Å². The third-order valence-electron chi connectivity index (χ3n) is 3.65. The van der Waals surface area contributed by atoms with Crippen LogP contribution in [0.4, 0.5) is 0 Å². The maximum absolute atomic E-state index is 12.4. The Labute approximate surface area is 142 Å². The largest absolute Gasteiger partial charge is 0.294 e. The molecule has 21 heavy (non-hydrogen) atoms. The molecule has 0 radical (unpaired) electrons. The lowest BCUT2D eigenvalue weighted by atomic mass is 9.92. The first-order valence-corrected chi connectivity index (χ1v) is 10.1. The van der Waals surface area contributed by atoms with Crippen LogP contribution < -0.4 is 0 Å². The number of rotatable bonds is 4. The number of halogens is 2. The van der Waals surface area contributed by atoms with Gasteiger partial charge in [-0.15, -0.1) is 0 Å². The number of sulfonamides is 1. The van der Waals surface area contributed by atoms with Gasteiger partial charge in [0.15, 0.2) is 5.78 Å². The van der Waals surface area contributed by atoms with Gasteiger partial charge in [0.25, 0.3) is 0 Å². The average Bonchev–Trinajstić information content (AvgIpc) is 2.41. The van der Waals surface area contributed by atoms with Crippen LogP contribution in [-0.4, -0.2) is 37.9 Å². The minimum Gasteiger partial charge on any atom is -0.294 e. The Morgan fingerprint density at radius 2 is 2.10 bits per heavy atom. The van der Waals surface area contributed by atoms with Crippen molar-refractivity contribution < 1.29 is 13.2 Å². The van der Waals surface area contributed by atoms with Gasteiger partial charge in [-0.05, 0) is 37.0 Å². The predicted octanol–water partition coefficient (Wildman–Crippen LogP) is 3.46. The van der Waals surface area contributed by atoms with Crippen molar-refractivity contribution in [3.8, 4) is 0 Å². The van der Waals surface area contributed by atoms with Gasteiger partial charge in [0.2, 0.25) is 10.0 Å². The minimum atomic E-state index is -3.17. The number of nitrogens with zero attached hydrogens (tertiary/aromatic N) is 1. The molecule has 0 spiro atoms. The lowest BCUT2D eigenvalue weighted by Crippen LogP contribution is -2.39. The summed E-state index contributed by atoms with van der Waals surface area (Å²) < 4.78 is 26.3. The van der Waals surface area contributed by atoms with Crippen LogP contribution in [0.3, 0.4) is 0 Å². The molecule has 2 rings (SSSR count). The van der Waals surface area contributed by atoms with Crippen LogP contribution >= 0.6 is 31.9 Å². The Kier molecular flexibility index (Phi) is 5.62. The van der Waals surface area contributed by atoms with E-state index >= 15 is 0 Å². The van der Waals surface area contributed by atoms with Crippen molar-refractivity contribution >= 4 is 47.7 Å². The van der Waals surface area contributed by atoms with Crippen LogP contribution in [0.5, 0.6) is 0 Å². The summed E-state index contributed by atoms with van der Waals surface area (Å²) >= 11 is 6.76. The van der Waals surface area contributed by atoms with E-state index in [2.05, 4.69) is 31.9 Å². The second kappa shape index (κ2) is 6.89. The topological polar surface area (TPSA) is 54.5 Å². The van der Waals surface area contributed by atoms with Crippen molar-refractivity contribution in [2.75, 3.05) is 19.3 Å². The molecular weight excluding hydrogens is 422 g/mol. The molecule has 0 aliphatic carbocycles. The number of ketones is 1. The first-order valence-electron chi connectivity index (χ1n) is 6.71. The quantitative estimate of drug-likeness (QED) is 0.676. The first-order chi connectivity index (χ1) is 9.77. The van der Waals surface area contributed by atoms with Gasteiger partial charge < -0.3 is 0 Å². The fourth-order valence-corrected chi connectivity index (χ4v) is 4.35. The molecule has 1 aromatic rings. The molecule has 116 valence electrons. The van der Waals surface area contributed by atoms with Gasteiger partial charge in [0, 0.05) is 34.0 Å². The van der Waals surface area contributed by atoms with Crippen LogP contribution in [0, 0.1) is 5.92 Å². The van der Waals surface area contributed by atoms with E-state index in [-0.39, 0.29) is 11.7 Å². The zero-order valence-corrected chi connectivity index (χ0v) is 15.7. The Bertz CT molecular complexity index is 646. The van der Waals surface area contributed by atoms with Crippen molar-refractivity contribution in [1.82, 2.24) is 4.31 Å². The molecule has 7 heteroatoms. The van der Waals surface area contributed by atoms with Gasteiger partial charge in [-0.1, -0.05) is 31.9 Å². The molecule has 0 bridgehead atoms. The lowest BCUT2D eigenvalue weighted by Gasteiger charge is -2.30. The van der Waals surface area contributed by atoms with Crippen molar-refractivity contribution in [3.63, 3.8) is 0 Å². The highest BCUT2D eigenvalue weighted by Crippen LogP contribution is 2.27. The molecule has 1 aliphatic rings. The van der Waals surface area contributed by atoms with Crippen molar-refractivity contribution in [2.45, 2.75) is 19.3 Å². The molecular formula is C14H17Br2NO3S. The van der Waals surface area contributed by atoms with E-state index in [1.54, 1.807) is 6.07 Å². The van der Waals surface area contributed by atoms with Crippen LogP contribution in [0.25, 0.3) is 0 Å². The fourth-order valence-electron chi connectivity index (χ4n) is 2.58. The molecule has 0 aromatic heterocycles. The number of hydrogen-bond donors (Lipinski definition) is 0. The smallest absolute Gasteiger partial charge is 0.211 e.